The molecule has 2 aromatic rings. The lowest BCUT2D eigenvalue weighted by molar-refractivity contribution is -0.140. The zero-order chi connectivity index (χ0) is 25.8. The molecule has 190 valence electrons. The predicted octanol–water partition coefficient (Wildman–Crippen LogP) is -0.403. The molecule has 3 unspecified atom stereocenters. The van der Waals surface area contributed by atoms with E-state index in [0.29, 0.717) is 25.7 Å². The molecule has 2 heterocycles. The number of carbonyl (C=O) groups is 4. The van der Waals surface area contributed by atoms with Crippen molar-refractivity contribution in [1.29, 1.82) is 0 Å². The van der Waals surface area contributed by atoms with Gasteiger partial charge in [0.15, 0.2) is 0 Å². The third-order valence-corrected chi connectivity index (χ3v) is 6.51. The summed E-state index contributed by atoms with van der Waals surface area (Å²) in [6, 6.07) is 2.26. The van der Waals surface area contributed by atoms with E-state index in [1.54, 1.807) is 6.20 Å². The monoisotopic (exact) mass is 499 g/mol. The predicted molar refractivity (Wildman–Crippen MR) is 125 cm³/mol. The van der Waals surface area contributed by atoms with Crippen molar-refractivity contribution in [3.8, 4) is 5.69 Å². The number of hydrogen-bond donors (Lipinski definition) is 4. The minimum atomic E-state index is -1.93. The molecule has 0 radical (unpaired) electrons. The largest absolute Gasteiger partial charge is 0.475 e. The maximum absolute atomic E-state index is 14.6. The van der Waals surface area contributed by atoms with E-state index in [2.05, 4.69) is 15.6 Å². The number of nitrogens with zero attached hydrogens (tertiary/aromatic N) is 3. The molecule has 2 aliphatic rings. The summed E-state index contributed by atoms with van der Waals surface area (Å²) in [5.74, 6) is -3.53. The van der Waals surface area contributed by atoms with Crippen LogP contribution >= 0.6 is 0 Å². The fourth-order valence-electron chi connectivity index (χ4n) is 4.41. The molecular weight excluding hydrogens is 472 g/mol. The summed E-state index contributed by atoms with van der Waals surface area (Å²) < 4.78 is 16.1. The van der Waals surface area contributed by atoms with Crippen LogP contribution in [0.1, 0.15) is 42.5 Å². The van der Waals surface area contributed by atoms with E-state index < -0.39 is 48.7 Å². The Morgan fingerprint density at radius 1 is 1.22 bits per heavy atom. The maximum Gasteiger partial charge on any atom is 0.475 e. The van der Waals surface area contributed by atoms with Gasteiger partial charge in [-0.2, -0.15) is 0 Å². The van der Waals surface area contributed by atoms with Crippen LogP contribution in [0.15, 0.2) is 36.9 Å². The van der Waals surface area contributed by atoms with E-state index >= 15 is 0 Å². The Labute approximate surface area is 206 Å². The van der Waals surface area contributed by atoms with Crippen molar-refractivity contribution in [1.82, 2.24) is 25.1 Å². The van der Waals surface area contributed by atoms with Crippen LogP contribution in [0, 0.1) is 11.7 Å². The molecule has 13 heteroatoms. The number of halogens is 1. The smallest absolute Gasteiger partial charge is 0.426 e. The fourth-order valence-corrected chi connectivity index (χ4v) is 4.41. The molecule has 4 rings (SSSR count). The quantitative estimate of drug-likeness (QED) is 0.256. The topological polar surface area (TPSA) is 154 Å². The minimum Gasteiger partial charge on any atom is -0.426 e. The van der Waals surface area contributed by atoms with Gasteiger partial charge in [0.05, 0.1) is 18.0 Å². The number of rotatable bonds is 10. The summed E-state index contributed by atoms with van der Waals surface area (Å²) in [7, 11) is -1.93. The second kappa shape index (κ2) is 11.0. The lowest BCUT2D eigenvalue weighted by atomic mass is 9.77. The molecule has 3 atom stereocenters. The highest BCUT2D eigenvalue weighted by atomic mass is 19.1. The van der Waals surface area contributed by atoms with Crippen molar-refractivity contribution in [3.63, 3.8) is 0 Å². The number of carbonyl (C=O) groups excluding carboxylic acids is 4. The Bertz CT molecular complexity index is 1130. The van der Waals surface area contributed by atoms with Crippen LogP contribution in [0.5, 0.6) is 0 Å². The lowest BCUT2D eigenvalue weighted by Gasteiger charge is -2.29. The Morgan fingerprint density at radius 3 is 2.61 bits per heavy atom. The first-order valence-electron chi connectivity index (χ1n) is 11.8. The zero-order valence-electron chi connectivity index (χ0n) is 19.4. The highest BCUT2D eigenvalue weighted by Crippen LogP contribution is 2.35. The number of hydrogen-bond acceptors (Lipinski definition) is 7. The van der Waals surface area contributed by atoms with Crippen molar-refractivity contribution in [2.24, 2.45) is 5.92 Å². The Morgan fingerprint density at radius 2 is 2.00 bits per heavy atom. The van der Waals surface area contributed by atoms with Crippen molar-refractivity contribution in [2.45, 2.75) is 50.1 Å². The Kier molecular flexibility index (Phi) is 7.80. The first kappa shape index (κ1) is 25.5. The molecule has 1 aromatic carbocycles. The lowest BCUT2D eigenvalue weighted by Crippen LogP contribution is -2.57. The van der Waals surface area contributed by atoms with Gasteiger partial charge in [0.25, 0.3) is 5.91 Å². The van der Waals surface area contributed by atoms with Crippen LogP contribution in [-0.4, -0.2) is 80.2 Å². The number of imidazole rings is 1. The van der Waals surface area contributed by atoms with Crippen LogP contribution in [-0.2, 0) is 14.4 Å². The molecule has 0 spiro atoms. The van der Waals surface area contributed by atoms with Crippen LogP contribution in [0.3, 0.4) is 0 Å². The van der Waals surface area contributed by atoms with Crippen LogP contribution < -0.4 is 10.6 Å². The molecule has 36 heavy (non-hydrogen) atoms. The summed E-state index contributed by atoms with van der Waals surface area (Å²) in [6.45, 7) is 0.296. The van der Waals surface area contributed by atoms with Crippen LogP contribution in [0.25, 0.3) is 5.69 Å². The van der Waals surface area contributed by atoms with E-state index in [4.69, 9.17) is 0 Å². The Balaban J connectivity index is 1.45. The summed E-state index contributed by atoms with van der Waals surface area (Å²) in [6.07, 6.45) is 7.06. The van der Waals surface area contributed by atoms with E-state index in [1.807, 2.05) is 0 Å². The third-order valence-electron chi connectivity index (χ3n) is 6.51. The molecule has 1 saturated carbocycles. The fraction of sp³-hybridized carbons (Fsp3) is 0.435. The van der Waals surface area contributed by atoms with Crippen molar-refractivity contribution in [3.05, 3.63) is 48.3 Å². The Hall–Kier alpha value is -3.58. The second-order valence-corrected chi connectivity index (χ2v) is 9.05. The maximum atomic E-state index is 14.6. The van der Waals surface area contributed by atoms with Gasteiger partial charge < -0.3 is 34.9 Å². The molecule has 11 nitrogen and oxygen atoms in total. The van der Waals surface area contributed by atoms with E-state index in [9.17, 15) is 33.6 Å². The van der Waals surface area contributed by atoms with Crippen molar-refractivity contribution in [2.75, 3.05) is 6.54 Å². The van der Waals surface area contributed by atoms with Gasteiger partial charge in [0.2, 0.25) is 11.8 Å². The molecule has 0 bridgehead atoms. The number of aromatic nitrogens is 2. The van der Waals surface area contributed by atoms with Gasteiger partial charge in [0.1, 0.15) is 24.2 Å². The minimum absolute atomic E-state index is 0.0548. The number of amides is 3. The number of aldehydes is 1. The molecule has 2 fully saturated rings. The molecule has 1 aliphatic heterocycles. The van der Waals surface area contributed by atoms with Crippen molar-refractivity contribution < 1.29 is 33.6 Å². The van der Waals surface area contributed by atoms with E-state index in [0.717, 1.165) is 18.9 Å². The molecule has 4 N–H and O–H groups in total. The van der Waals surface area contributed by atoms with Crippen molar-refractivity contribution >= 4 is 31.1 Å². The third kappa shape index (κ3) is 5.63. The molecule has 3 amide bonds. The summed E-state index contributed by atoms with van der Waals surface area (Å²) in [5.41, 5.74) is 0.282. The molecular formula is C23H27BFN5O6. The number of likely N-dealkylation sites (tertiary alicyclic amines) is 1. The summed E-state index contributed by atoms with van der Waals surface area (Å²) >= 11 is 0. The van der Waals surface area contributed by atoms with Gasteiger partial charge in [-0.1, -0.05) is 0 Å². The normalized spacial score (nSPS) is 18.9. The highest BCUT2D eigenvalue weighted by Gasteiger charge is 2.44. The van der Waals surface area contributed by atoms with Gasteiger partial charge in [-0.3, -0.25) is 14.4 Å². The van der Waals surface area contributed by atoms with Crippen LogP contribution in [0.4, 0.5) is 4.39 Å². The molecule has 1 aliphatic carbocycles. The van der Waals surface area contributed by atoms with Crippen LogP contribution in [0.2, 0.25) is 0 Å². The van der Waals surface area contributed by atoms with Gasteiger partial charge >= 0.3 is 7.12 Å². The first-order valence-corrected chi connectivity index (χ1v) is 11.8. The van der Waals surface area contributed by atoms with E-state index in [1.165, 1.54) is 34.1 Å². The molecule has 1 aromatic heterocycles. The highest BCUT2D eigenvalue weighted by molar-refractivity contribution is 6.44. The van der Waals surface area contributed by atoms with Gasteiger partial charge in [0, 0.05) is 30.9 Å². The first-order chi connectivity index (χ1) is 17.3. The standard InChI is InChI=1S/C23H27BFN5O6/c25-16-12-15(5-6-17(16)29-10-8-26-13-29)21(32)28-20(14-3-4-14)23(34)30-9-1-2-18(30)22(33)27-19(7-11-31)24(35)36/h5-6,8,10-14,18-20,35-36H,1-4,7,9H2,(H,27,33)(H,28,32). The summed E-state index contributed by atoms with van der Waals surface area (Å²) in [4.78, 5) is 55.2. The molecule has 1 saturated heterocycles. The number of nitrogens with one attached hydrogen (secondary N) is 2. The van der Waals surface area contributed by atoms with E-state index in [-0.39, 0.29) is 23.6 Å². The van der Waals surface area contributed by atoms with Gasteiger partial charge in [-0.15, -0.1) is 0 Å². The summed E-state index contributed by atoms with van der Waals surface area (Å²) in [5, 5.41) is 23.9. The second-order valence-electron chi connectivity index (χ2n) is 9.05. The van der Waals surface area contributed by atoms with Gasteiger partial charge in [-0.05, 0) is 49.8 Å². The SMILES string of the molecule is O=CCC(NC(=O)C1CCCN1C(=O)C(NC(=O)c1ccc(-n2ccnc2)c(F)c1)C1CC1)B(O)O. The average Bonchev–Trinajstić information content (AvgIpc) is 3.32. The average molecular weight is 499 g/mol. The van der Waals surface area contributed by atoms with Gasteiger partial charge in [-0.25, -0.2) is 9.37 Å². The number of benzene rings is 1. The zero-order valence-corrected chi connectivity index (χ0v) is 19.4.